The van der Waals surface area contributed by atoms with Gasteiger partial charge in [-0.15, -0.1) is 0 Å². The molecule has 4 rings (SSSR count). The van der Waals surface area contributed by atoms with E-state index in [0.29, 0.717) is 18.5 Å². The molecular formula is C35H42N6O7. The zero-order valence-electron chi connectivity index (χ0n) is 27.4. The Hall–Kier alpha value is -5.56. The minimum Gasteiger partial charge on any atom is -0.484 e. The number of aromatic nitrogens is 2. The molecule has 0 aliphatic heterocycles. The third kappa shape index (κ3) is 9.04. The lowest BCUT2D eigenvalue weighted by atomic mass is 10.1. The first-order valence-corrected chi connectivity index (χ1v) is 15.7. The van der Waals surface area contributed by atoms with Crippen molar-refractivity contribution in [3.05, 3.63) is 106 Å². The summed E-state index contributed by atoms with van der Waals surface area (Å²) in [4.78, 5) is 56.8. The average Bonchev–Trinajstić information content (AvgIpc) is 3.72. The molecule has 13 heteroatoms. The van der Waals surface area contributed by atoms with E-state index in [1.165, 1.54) is 19.2 Å². The quantitative estimate of drug-likeness (QED) is 0.0897. The van der Waals surface area contributed by atoms with Gasteiger partial charge in [0.25, 0.3) is 23.6 Å². The van der Waals surface area contributed by atoms with Gasteiger partial charge in [0.2, 0.25) is 0 Å². The molecule has 0 aliphatic rings. The van der Waals surface area contributed by atoms with Crippen LogP contribution in [0.4, 0.5) is 0 Å². The first-order chi connectivity index (χ1) is 23.1. The number of aryl methyl sites for hydroxylation is 1. The predicted molar refractivity (Wildman–Crippen MR) is 179 cm³/mol. The normalized spacial score (nSPS) is 12.0. The molecule has 48 heavy (non-hydrogen) atoms. The van der Waals surface area contributed by atoms with Gasteiger partial charge in [0, 0.05) is 38.8 Å². The molecule has 2 unspecified atom stereocenters. The number of ether oxygens (including phenoxy) is 2. The standard InChI is InChI=1S/C35H42N6O7/c1-5-37-32(43)25-18-27(47-22(3)23-14-12-21(2)13-15-23)31(41-25)35(46)39-17-9-16-38-33(44)26-19-28(30(40-26)34(45)36-4)48-29(20-42)24-10-7-6-8-11-24/h6-8,10-15,18-19,22,29,40-42H,5,9,16-17,20H2,1-4H3,(H,36,45)(H,37,43)(H,38,44)(H,39,46). The van der Waals surface area contributed by atoms with Gasteiger partial charge < -0.3 is 45.8 Å². The second-order valence-corrected chi connectivity index (χ2v) is 11.0. The number of H-pyrrole nitrogens is 2. The highest BCUT2D eigenvalue weighted by molar-refractivity contribution is 6.00. The Labute approximate surface area is 278 Å². The minimum absolute atomic E-state index is 0.0388. The van der Waals surface area contributed by atoms with Crippen molar-refractivity contribution < 1.29 is 33.8 Å². The molecule has 2 atom stereocenters. The van der Waals surface area contributed by atoms with Crippen molar-refractivity contribution in [1.29, 1.82) is 0 Å². The Morgan fingerprint density at radius 3 is 1.90 bits per heavy atom. The van der Waals surface area contributed by atoms with E-state index in [1.54, 1.807) is 31.2 Å². The topological polar surface area (TPSA) is 187 Å². The number of carbonyl (C=O) groups is 4. The third-order valence-electron chi connectivity index (χ3n) is 7.45. The van der Waals surface area contributed by atoms with Crippen molar-refractivity contribution in [2.75, 3.05) is 33.3 Å². The predicted octanol–water partition coefficient (Wildman–Crippen LogP) is 3.56. The molecule has 2 aromatic carbocycles. The van der Waals surface area contributed by atoms with E-state index in [0.717, 1.165) is 11.1 Å². The molecule has 0 bridgehead atoms. The Balaban J connectivity index is 1.36. The maximum absolute atomic E-state index is 13.2. The second kappa shape index (κ2) is 16.8. The van der Waals surface area contributed by atoms with E-state index < -0.39 is 23.8 Å². The molecule has 2 heterocycles. The number of carbonyl (C=O) groups excluding carboxylic acids is 4. The summed E-state index contributed by atoms with van der Waals surface area (Å²) in [6.07, 6.45) is -0.760. The molecule has 0 saturated heterocycles. The van der Waals surface area contributed by atoms with Crippen LogP contribution in [-0.4, -0.2) is 72.0 Å². The number of benzene rings is 2. The van der Waals surface area contributed by atoms with Crippen LogP contribution in [0.1, 0.15) is 91.1 Å². The van der Waals surface area contributed by atoms with Gasteiger partial charge in [-0.3, -0.25) is 19.2 Å². The van der Waals surface area contributed by atoms with Crippen molar-refractivity contribution in [1.82, 2.24) is 31.2 Å². The first kappa shape index (κ1) is 35.3. The van der Waals surface area contributed by atoms with Crippen LogP contribution in [0.2, 0.25) is 0 Å². The van der Waals surface area contributed by atoms with Crippen LogP contribution in [0.15, 0.2) is 66.7 Å². The average molecular weight is 659 g/mol. The van der Waals surface area contributed by atoms with Gasteiger partial charge >= 0.3 is 0 Å². The number of aliphatic hydroxyl groups excluding tert-OH is 1. The van der Waals surface area contributed by atoms with Gasteiger partial charge in [0.15, 0.2) is 11.5 Å². The highest BCUT2D eigenvalue weighted by atomic mass is 16.5. The van der Waals surface area contributed by atoms with Gasteiger partial charge in [-0.2, -0.15) is 0 Å². The van der Waals surface area contributed by atoms with Crippen LogP contribution in [0, 0.1) is 6.92 Å². The fourth-order valence-electron chi connectivity index (χ4n) is 4.82. The number of hydrogen-bond acceptors (Lipinski definition) is 7. The summed E-state index contributed by atoms with van der Waals surface area (Å²) < 4.78 is 12.0. The fraction of sp³-hybridized carbons (Fsp3) is 0.314. The van der Waals surface area contributed by atoms with Gasteiger partial charge in [0.1, 0.15) is 35.0 Å². The number of amides is 4. The summed E-state index contributed by atoms with van der Waals surface area (Å²) in [6, 6.07) is 19.8. The van der Waals surface area contributed by atoms with E-state index in [-0.39, 0.29) is 66.0 Å². The Morgan fingerprint density at radius 1 is 0.750 bits per heavy atom. The Morgan fingerprint density at radius 2 is 1.31 bits per heavy atom. The van der Waals surface area contributed by atoms with E-state index >= 15 is 0 Å². The van der Waals surface area contributed by atoms with Crippen LogP contribution in [0.3, 0.4) is 0 Å². The number of nitrogens with one attached hydrogen (secondary N) is 6. The molecule has 0 radical (unpaired) electrons. The molecule has 0 aliphatic carbocycles. The smallest absolute Gasteiger partial charge is 0.271 e. The molecule has 2 aromatic heterocycles. The molecule has 4 aromatic rings. The fourth-order valence-corrected chi connectivity index (χ4v) is 4.82. The molecule has 4 amide bonds. The summed E-state index contributed by atoms with van der Waals surface area (Å²) in [6.45, 7) is 6.14. The van der Waals surface area contributed by atoms with Gasteiger partial charge in [-0.05, 0) is 38.3 Å². The van der Waals surface area contributed by atoms with Crippen molar-refractivity contribution in [3.8, 4) is 11.5 Å². The summed E-state index contributed by atoms with van der Waals surface area (Å²) in [5.41, 5.74) is 3.16. The van der Waals surface area contributed by atoms with E-state index in [2.05, 4.69) is 31.2 Å². The van der Waals surface area contributed by atoms with Crippen molar-refractivity contribution in [3.63, 3.8) is 0 Å². The van der Waals surface area contributed by atoms with Crippen LogP contribution < -0.4 is 30.7 Å². The minimum atomic E-state index is -0.751. The van der Waals surface area contributed by atoms with Crippen LogP contribution >= 0.6 is 0 Å². The lowest BCUT2D eigenvalue weighted by Crippen LogP contribution is -2.30. The van der Waals surface area contributed by atoms with Gasteiger partial charge in [-0.1, -0.05) is 60.2 Å². The Bertz CT molecular complexity index is 1700. The van der Waals surface area contributed by atoms with Crippen molar-refractivity contribution >= 4 is 23.6 Å². The molecule has 254 valence electrons. The van der Waals surface area contributed by atoms with Crippen LogP contribution in [0.5, 0.6) is 11.5 Å². The molecule has 0 spiro atoms. The summed E-state index contributed by atoms with van der Waals surface area (Å²) in [5, 5.41) is 20.7. The lowest BCUT2D eigenvalue weighted by molar-refractivity contribution is 0.0925. The zero-order valence-corrected chi connectivity index (χ0v) is 27.4. The largest absolute Gasteiger partial charge is 0.484 e. The monoisotopic (exact) mass is 658 g/mol. The highest BCUT2D eigenvalue weighted by Crippen LogP contribution is 2.28. The zero-order chi connectivity index (χ0) is 34.6. The molecular weight excluding hydrogens is 616 g/mol. The van der Waals surface area contributed by atoms with Gasteiger partial charge in [-0.25, -0.2) is 0 Å². The second-order valence-electron chi connectivity index (χ2n) is 11.0. The number of aliphatic hydroxyl groups is 1. The molecule has 0 saturated carbocycles. The number of aromatic amines is 2. The lowest BCUT2D eigenvalue weighted by Gasteiger charge is -2.17. The first-order valence-electron chi connectivity index (χ1n) is 15.7. The summed E-state index contributed by atoms with van der Waals surface area (Å²) in [5.74, 6) is -1.46. The molecule has 0 fully saturated rings. The number of hydrogen-bond donors (Lipinski definition) is 7. The molecule has 7 N–H and O–H groups in total. The number of rotatable bonds is 16. The van der Waals surface area contributed by atoms with Gasteiger partial charge in [0.05, 0.1) is 6.61 Å². The van der Waals surface area contributed by atoms with Crippen LogP contribution in [-0.2, 0) is 0 Å². The molecule has 13 nitrogen and oxygen atoms in total. The van der Waals surface area contributed by atoms with E-state index in [4.69, 9.17) is 9.47 Å². The SMILES string of the molecule is CCNC(=O)c1cc(OC(C)c2ccc(C)cc2)c(C(=O)NCCCNC(=O)c2cc(OC(CO)c3ccccc3)c(C(=O)NC)[nH]2)[nH]1. The van der Waals surface area contributed by atoms with E-state index in [9.17, 15) is 24.3 Å². The third-order valence-corrected chi connectivity index (χ3v) is 7.45. The Kier molecular flexibility index (Phi) is 12.4. The van der Waals surface area contributed by atoms with Crippen molar-refractivity contribution in [2.45, 2.75) is 39.4 Å². The van der Waals surface area contributed by atoms with Crippen LogP contribution in [0.25, 0.3) is 0 Å². The summed E-state index contributed by atoms with van der Waals surface area (Å²) >= 11 is 0. The maximum Gasteiger partial charge on any atom is 0.271 e. The summed E-state index contributed by atoms with van der Waals surface area (Å²) in [7, 11) is 1.45. The maximum atomic E-state index is 13.2. The highest BCUT2D eigenvalue weighted by Gasteiger charge is 2.24. The van der Waals surface area contributed by atoms with Crippen molar-refractivity contribution in [2.24, 2.45) is 0 Å². The van der Waals surface area contributed by atoms with E-state index in [1.807, 2.05) is 44.2 Å².